The van der Waals surface area contributed by atoms with Gasteiger partial charge in [0.1, 0.15) is 0 Å². The molecular formula is C38H47N5O6. The van der Waals surface area contributed by atoms with Crippen LogP contribution in [-0.2, 0) is 25.7 Å². The number of hydrogen-bond acceptors (Lipinski definition) is 7. The molecule has 4 N–H and O–H groups in total. The van der Waals surface area contributed by atoms with E-state index in [1.165, 1.54) is 6.92 Å². The van der Waals surface area contributed by atoms with Gasteiger partial charge in [-0.2, -0.15) is 0 Å². The number of carbonyl (C=O) groups excluding carboxylic acids is 2. The number of benzene rings is 3. The lowest BCUT2D eigenvalue weighted by molar-refractivity contribution is -0.253. The number of unbranched alkanes of at least 4 members (excludes halogenated alkanes) is 2. The molecule has 260 valence electrons. The van der Waals surface area contributed by atoms with Gasteiger partial charge >= 0.3 is 5.69 Å². The average molecular weight is 670 g/mol. The van der Waals surface area contributed by atoms with E-state index in [4.69, 9.17) is 9.47 Å². The van der Waals surface area contributed by atoms with E-state index in [1.54, 1.807) is 0 Å². The van der Waals surface area contributed by atoms with E-state index in [0.29, 0.717) is 25.1 Å². The van der Waals surface area contributed by atoms with Gasteiger partial charge in [-0.05, 0) is 61.1 Å². The molecule has 2 amide bonds. The molecule has 6 rings (SSSR count). The van der Waals surface area contributed by atoms with Gasteiger partial charge in [0.05, 0.1) is 29.8 Å². The first kappa shape index (κ1) is 34.6. The summed E-state index contributed by atoms with van der Waals surface area (Å²) in [4.78, 5) is 41.7. The van der Waals surface area contributed by atoms with Crippen LogP contribution in [0.3, 0.4) is 0 Å². The third-order valence-corrected chi connectivity index (χ3v) is 9.54. The summed E-state index contributed by atoms with van der Waals surface area (Å²) in [7, 11) is 0. The van der Waals surface area contributed by atoms with Crippen molar-refractivity contribution in [3.8, 4) is 0 Å². The van der Waals surface area contributed by atoms with E-state index >= 15 is 0 Å². The maximum Gasteiger partial charge on any atom is 0.326 e. The van der Waals surface area contributed by atoms with Gasteiger partial charge in [0, 0.05) is 63.2 Å². The van der Waals surface area contributed by atoms with Gasteiger partial charge in [0.15, 0.2) is 6.29 Å². The molecule has 1 aromatic heterocycles. The maximum absolute atomic E-state index is 12.8. The molecule has 2 saturated heterocycles. The molecule has 2 fully saturated rings. The normalized spacial score (nSPS) is 20.3. The first-order valence-corrected chi connectivity index (χ1v) is 17.4. The van der Waals surface area contributed by atoms with Crippen molar-refractivity contribution in [1.82, 2.24) is 19.8 Å². The quantitative estimate of drug-likeness (QED) is 0.141. The minimum absolute atomic E-state index is 0.0116. The van der Waals surface area contributed by atoms with Crippen molar-refractivity contribution in [2.45, 2.75) is 83.0 Å². The second-order valence-corrected chi connectivity index (χ2v) is 13.2. The molecule has 3 atom stereocenters. The van der Waals surface area contributed by atoms with Crippen LogP contribution < -0.4 is 16.3 Å². The fraction of sp³-hybridized carbons (Fsp3) is 0.447. The van der Waals surface area contributed by atoms with Gasteiger partial charge in [-0.15, -0.1) is 0 Å². The molecule has 0 spiro atoms. The molecule has 0 bridgehead atoms. The monoisotopic (exact) mass is 669 g/mol. The lowest BCUT2D eigenvalue weighted by atomic mass is 9.98. The number of imidazole rings is 1. The maximum atomic E-state index is 12.8. The molecule has 0 radical (unpaired) electrons. The third-order valence-electron chi connectivity index (χ3n) is 9.54. The van der Waals surface area contributed by atoms with E-state index < -0.39 is 6.29 Å². The summed E-state index contributed by atoms with van der Waals surface area (Å²) in [6, 6.07) is 23.5. The Morgan fingerprint density at radius 3 is 2.39 bits per heavy atom. The van der Waals surface area contributed by atoms with Crippen molar-refractivity contribution in [3.63, 3.8) is 0 Å². The van der Waals surface area contributed by atoms with E-state index in [1.807, 2.05) is 77.4 Å². The number of carbonyl (C=O) groups is 2. The van der Waals surface area contributed by atoms with Crippen molar-refractivity contribution >= 4 is 28.5 Å². The Morgan fingerprint density at radius 1 is 0.918 bits per heavy atom. The van der Waals surface area contributed by atoms with Crippen molar-refractivity contribution in [2.75, 3.05) is 31.5 Å². The van der Waals surface area contributed by atoms with E-state index in [9.17, 15) is 19.5 Å². The summed E-state index contributed by atoms with van der Waals surface area (Å²) >= 11 is 0. The number of aliphatic hydroxyl groups is 1. The van der Waals surface area contributed by atoms with Crippen LogP contribution in [0.4, 0.5) is 5.69 Å². The molecule has 2 aliphatic rings. The van der Waals surface area contributed by atoms with E-state index in [0.717, 1.165) is 79.5 Å². The van der Waals surface area contributed by atoms with Gasteiger partial charge in [0.2, 0.25) is 11.8 Å². The number of anilines is 1. The standard InChI is InChI=1S/C38H47N5O6/c1-26(45)39-20-6-2-3-9-36(46)40-30-16-14-29(15-17-30)37-48-32(23-35(49-37)28-12-10-27(25-44)11-13-28)24-42-21-18-31(19-22-42)43-34-8-5-4-7-33(34)41-38(43)47/h4-5,7-8,10-17,31-32,35,37,44H,2-3,6,9,18-25H2,1H3,(H,39,45)(H,40,46)(H,41,47). The molecule has 11 nitrogen and oxygen atoms in total. The number of rotatable bonds is 13. The lowest BCUT2D eigenvalue weighted by Gasteiger charge is -2.40. The van der Waals surface area contributed by atoms with E-state index in [-0.39, 0.29) is 42.4 Å². The highest BCUT2D eigenvalue weighted by atomic mass is 16.7. The third kappa shape index (κ3) is 9.04. The van der Waals surface area contributed by atoms with Crippen LogP contribution in [0.15, 0.2) is 77.6 Å². The molecule has 2 aliphatic heterocycles. The van der Waals surface area contributed by atoms with Crippen LogP contribution in [0.5, 0.6) is 0 Å². The molecule has 0 aliphatic carbocycles. The average Bonchev–Trinajstić information content (AvgIpc) is 3.45. The van der Waals surface area contributed by atoms with Crippen LogP contribution in [-0.4, -0.2) is 63.7 Å². The highest BCUT2D eigenvalue weighted by Crippen LogP contribution is 2.39. The van der Waals surface area contributed by atoms with Crippen molar-refractivity contribution in [3.05, 3.63) is 100.0 Å². The number of aliphatic hydroxyl groups excluding tert-OH is 1. The highest BCUT2D eigenvalue weighted by molar-refractivity contribution is 5.90. The largest absolute Gasteiger partial charge is 0.392 e. The molecule has 3 unspecified atom stereocenters. The zero-order chi connectivity index (χ0) is 34.2. The summed E-state index contributed by atoms with van der Waals surface area (Å²) < 4.78 is 15.0. The zero-order valence-corrected chi connectivity index (χ0v) is 28.1. The number of amides is 2. The Kier molecular flexibility index (Phi) is 11.6. The predicted molar refractivity (Wildman–Crippen MR) is 188 cm³/mol. The Balaban J connectivity index is 1.07. The SMILES string of the molecule is CC(=O)NCCCCCC(=O)Nc1ccc(C2OC(CN3CCC(n4c(=O)[nH]c5ccccc54)CC3)CC(c3ccc(CO)cc3)O2)cc1. The first-order valence-electron chi connectivity index (χ1n) is 17.4. The van der Waals surface area contributed by atoms with Crippen molar-refractivity contribution in [2.24, 2.45) is 0 Å². The molecule has 49 heavy (non-hydrogen) atoms. The highest BCUT2D eigenvalue weighted by Gasteiger charge is 2.34. The fourth-order valence-electron chi connectivity index (χ4n) is 6.92. The number of hydrogen-bond donors (Lipinski definition) is 4. The second kappa shape index (κ2) is 16.4. The van der Waals surface area contributed by atoms with Gasteiger partial charge in [-0.25, -0.2) is 4.79 Å². The Bertz CT molecular complexity index is 1740. The Morgan fingerprint density at radius 2 is 1.65 bits per heavy atom. The van der Waals surface area contributed by atoms with E-state index in [2.05, 4.69) is 20.5 Å². The molecular weight excluding hydrogens is 622 g/mol. The number of H-pyrrole nitrogens is 1. The predicted octanol–water partition coefficient (Wildman–Crippen LogP) is 5.34. The van der Waals surface area contributed by atoms with Gasteiger partial charge in [-0.3, -0.25) is 14.2 Å². The molecule has 0 saturated carbocycles. The first-order chi connectivity index (χ1) is 23.9. The fourth-order valence-corrected chi connectivity index (χ4v) is 6.92. The number of para-hydroxylation sites is 2. The van der Waals surface area contributed by atoms with Crippen molar-refractivity contribution in [1.29, 1.82) is 0 Å². The molecule has 4 aromatic rings. The summed E-state index contributed by atoms with van der Waals surface area (Å²) in [6.45, 7) is 4.60. The molecule has 11 heteroatoms. The number of nitrogens with one attached hydrogen (secondary N) is 3. The van der Waals surface area contributed by atoms with Crippen LogP contribution in [0.2, 0.25) is 0 Å². The topological polar surface area (TPSA) is 138 Å². The van der Waals surface area contributed by atoms with Crippen molar-refractivity contribution < 1.29 is 24.2 Å². The molecule has 3 aromatic carbocycles. The summed E-state index contributed by atoms with van der Waals surface area (Å²) in [6.07, 6.45) is 4.49. The number of ether oxygens (including phenoxy) is 2. The van der Waals surface area contributed by atoms with Crippen LogP contribution in [0.25, 0.3) is 11.0 Å². The minimum Gasteiger partial charge on any atom is -0.392 e. The summed E-state index contributed by atoms with van der Waals surface area (Å²) in [5, 5.41) is 15.3. The Hall–Kier alpha value is -4.29. The van der Waals surface area contributed by atoms with Crippen LogP contribution >= 0.6 is 0 Å². The number of likely N-dealkylation sites (tertiary alicyclic amines) is 1. The second-order valence-electron chi connectivity index (χ2n) is 13.2. The number of piperidine rings is 1. The number of fused-ring (bicyclic) bond motifs is 1. The van der Waals surface area contributed by atoms with Crippen LogP contribution in [0.1, 0.15) is 87.0 Å². The smallest absolute Gasteiger partial charge is 0.326 e. The number of aromatic amines is 1. The zero-order valence-electron chi connectivity index (χ0n) is 28.1. The molecule has 3 heterocycles. The minimum atomic E-state index is -0.586. The Labute approximate surface area is 286 Å². The van der Waals surface area contributed by atoms with Gasteiger partial charge < -0.3 is 35.1 Å². The number of nitrogens with zero attached hydrogens (tertiary/aromatic N) is 2. The summed E-state index contributed by atoms with van der Waals surface area (Å²) in [5.41, 5.74) is 5.25. The van der Waals surface area contributed by atoms with Gasteiger partial charge in [-0.1, -0.05) is 55.0 Å². The van der Waals surface area contributed by atoms with Crippen LogP contribution in [0, 0.1) is 0 Å². The van der Waals surface area contributed by atoms with Gasteiger partial charge in [0.25, 0.3) is 0 Å². The number of aromatic nitrogens is 2. The summed E-state index contributed by atoms with van der Waals surface area (Å²) in [5.74, 6) is -0.0759. The lowest BCUT2D eigenvalue weighted by Crippen LogP contribution is -2.43.